The fraction of sp³-hybridized carbons (Fsp3) is 0. The lowest BCUT2D eigenvalue weighted by Gasteiger charge is -2.12. The smallest absolute Gasteiger partial charge is 0.296 e. The lowest BCUT2D eigenvalue weighted by atomic mass is 10.0. The molecule has 0 heterocycles. The second kappa shape index (κ2) is 22.1. The minimum Gasteiger partial charge on any atom is -0.505 e. The van der Waals surface area contributed by atoms with E-state index < -0.39 is 124 Å². The number of phenols is 2. The quantitative estimate of drug-likeness (QED) is 0.0186. The van der Waals surface area contributed by atoms with Crippen LogP contribution in [0, 0.1) is 0 Å². The van der Waals surface area contributed by atoms with Crippen LogP contribution in [0.5, 0.6) is 11.5 Å². The van der Waals surface area contributed by atoms with Gasteiger partial charge in [0.1, 0.15) is 40.7 Å². The molecule has 0 spiro atoms. The van der Waals surface area contributed by atoms with Crippen molar-refractivity contribution in [3.8, 4) is 11.5 Å². The van der Waals surface area contributed by atoms with Crippen LogP contribution in [0.1, 0.15) is 11.1 Å². The largest absolute Gasteiger partial charge is 0.505 e. The van der Waals surface area contributed by atoms with E-state index in [9.17, 15) is 88.0 Å². The molecule has 436 valence electrons. The number of anilines is 4. The first-order chi connectivity index (χ1) is 38.9. The third kappa shape index (κ3) is 13.0. The van der Waals surface area contributed by atoms with Gasteiger partial charge in [0.15, 0.2) is 11.5 Å². The first kappa shape index (κ1) is 60.8. The molecule has 0 bridgehead atoms. The molecule has 0 atom stereocenters. The number of benzene rings is 8. The van der Waals surface area contributed by atoms with Crippen LogP contribution in [0.2, 0.25) is 0 Å². The van der Waals surface area contributed by atoms with E-state index in [0.29, 0.717) is 0 Å². The summed E-state index contributed by atoms with van der Waals surface area (Å²) in [5, 5.41) is 52.4. The first-order valence-corrected chi connectivity index (χ1v) is 31.0. The Kier molecular flexibility index (Phi) is 16.0. The van der Waals surface area contributed by atoms with Crippen molar-refractivity contribution in [1.29, 1.82) is 0 Å². The van der Waals surface area contributed by atoms with Gasteiger partial charge >= 0.3 is 0 Å². The highest BCUT2D eigenvalue weighted by atomic mass is 32.2. The Balaban J connectivity index is 1.11. The van der Waals surface area contributed by atoms with Gasteiger partial charge in [-0.05, 0) is 108 Å². The minimum absolute atomic E-state index is 0.198. The molecule has 0 saturated carbocycles. The number of phenolic OH excluding ortho intramolecular Hbond substituents is 2. The van der Waals surface area contributed by atoms with Crippen molar-refractivity contribution in [2.75, 3.05) is 22.9 Å². The van der Waals surface area contributed by atoms with Gasteiger partial charge in [-0.3, -0.25) is 27.3 Å². The number of hydrogen-bond donors (Lipinski definition) is 12. The van der Waals surface area contributed by atoms with E-state index in [1.807, 2.05) is 0 Å². The number of hydrogen-bond acceptors (Lipinski definition) is 26. The molecule has 0 radical (unpaired) electrons. The first-order valence-electron chi connectivity index (χ1n) is 22.3. The Labute approximate surface area is 473 Å². The molecule has 0 aliphatic rings. The molecule has 0 aromatic heterocycles. The Morgan fingerprint density at radius 3 is 0.917 bits per heavy atom. The number of nitrogen functional groups attached to an aromatic ring is 4. The highest BCUT2D eigenvalue weighted by Gasteiger charge is 2.27. The van der Waals surface area contributed by atoms with Crippen LogP contribution in [0.3, 0.4) is 0 Å². The number of aromatic hydroxyl groups is 2. The molecular weight excluding hydrogens is 1230 g/mol. The Bertz CT molecular complexity index is 4730. The van der Waals surface area contributed by atoms with Crippen LogP contribution in [0.25, 0.3) is 33.7 Å². The summed E-state index contributed by atoms with van der Waals surface area (Å²) in [6, 6.07) is 18.1. The summed E-state index contributed by atoms with van der Waals surface area (Å²) >= 11 is 0. The predicted molar refractivity (Wildman–Crippen MR) is 299 cm³/mol. The summed E-state index contributed by atoms with van der Waals surface area (Å²) in [4.78, 5) is -5.12. The lowest BCUT2D eigenvalue weighted by molar-refractivity contribution is 0.472. The molecule has 0 amide bonds. The highest BCUT2D eigenvalue weighted by molar-refractivity contribution is 7.87. The van der Waals surface area contributed by atoms with Crippen molar-refractivity contribution in [2.24, 2.45) is 40.9 Å². The summed E-state index contributed by atoms with van der Waals surface area (Å²) in [6.07, 6.45) is 2.03. The molecule has 0 aliphatic carbocycles. The summed E-state index contributed by atoms with van der Waals surface area (Å²) in [5.41, 5.74) is 18.5. The van der Waals surface area contributed by atoms with Gasteiger partial charge < -0.3 is 33.1 Å². The van der Waals surface area contributed by atoms with Gasteiger partial charge in [-0.1, -0.05) is 24.3 Å². The van der Waals surface area contributed by atoms with E-state index in [-0.39, 0.29) is 78.2 Å². The summed E-state index contributed by atoms with van der Waals surface area (Å²) in [6.45, 7) is 0. The number of azo groups is 4. The fourth-order valence-electron chi connectivity index (χ4n) is 7.88. The maximum absolute atomic E-state index is 12.7. The molecule has 38 heteroatoms. The second-order valence-electron chi connectivity index (χ2n) is 17.2. The van der Waals surface area contributed by atoms with Gasteiger partial charge in [-0.25, -0.2) is 0 Å². The molecule has 0 fully saturated rings. The topological polar surface area (TPSA) is 570 Å². The van der Waals surface area contributed by atoms with Crippen molar-refractivity contribution in [2.45, 2.75) is 29.4 Å². The third-order valence-electron chi connectivity index (χ3n) is 11.6. The van der Waals surface area contributed by atoms with E-state index >= 15 is 0 Å². The normalized spacial score (nSPS) is 13.3. The number of rotatable bonds is 16. The molecule has 16 N–H and O–H groups in total. The SMILES string of the molecule is Nc1cc(N=Nc2c(S(=O)(=O)O)cc3c(N=Nc4ccc(/C=C/c5ccc(N=Nc6ccc(N)c7c(O)c(N=Nc8ccc(S(=O)(=O)O)c(N)c8)c(S(=O)(=O)O)cc67)cc5S(=O)(=O)O)c(S(=O)(=O)O)c4)ccc(N)c3c2O)ccc1S(=O)(=O)O. The Morgan fingerprint density at radius 1 is 0.310 bits per heavy atom. The van der Waals surface area contributed by atoms with Gasteiger partial charge in [0.05, 0.1) is 56.3 Å². The maximum Gasteiger partial charge on any atom is 0.296 e. The van der Waals surface area contributed by atoms with E-state index in [0.717, 1.165) is 97.1 Å². The standard InChI is InChI=1S/C46H36N12O20S6/c47-29-9-11-33(27-19-39(83(73,74)75)43(45(59)41(27)29)57-53-23-7-13-35(31(49)15-23)79(61,62)63)55-51-25-5-3-21(37(17-25)81(67,68)69)1-2-22-4-6-26(18-38(22)82(70,71)72)52-56-34-12-10-30(48)42-28(34)20-40(84(76,77)78)44(46(42)60)58-54-24-8-14-36(32(50)16-24)80(64,65)66/h1-20,59-60H,47-50H2,(H,61,62,63)(H,64,65,66)(H,67,68,69)(H,70,71,72)(H,73,74,75)(H,76,77,78)/b2-1+,55-51?,56-52?,57-53?,58-54?. The zero-order chi connectivity index (χ0) is 61.8. The number of fused-ring (bicyclic) bond motifs is 2. The van der Waals surface area contributed by atoms with Crippen LogP contribution in [0.15, 0.2) is 179 Å². The van der Waals surface area contributed by atoms with Crippen molar-refractivity contribution < 1.29 is 88.0 Å². The van der Waals surface area contributed by atoms with Crippen molar-refractivity contribution in [3.63, 3.8) is 0 Å². The van der Waals surface area contributed by atoms with E-state index in [1.54, 1.807) is 0 Å². The van der Waals surface area contributed by atoms with Crippen molar-refractivity contribution in [1.82, 2.24) is 0 Å². The highest BCUT2D eigenvalue weighted by Crippen LogP contribution is 2.49. The molecular formula is C46H36N12O20S6. The summed E-state index contributed by atoms with van der Waals surface area (Å²) < 4.78 is 207. The van der Waals surface area contributed by atoms with Crippen molar-refractivity contribution >= 4 is 163 Å². The van der Waals surface area contributed by atoms with Crippen LogP contribution < -0.4 is 22.9 Å². The summed E-state index contributed by atoms with van der Waals surface area (Å²) in [7, 11) is -30.3. The molecule has 8 aromatic carbocycles. The van der Waals surface area contributed by atoms with E-state index in [1.165, 1.54) is 24.3 Å². The predicted octanol–water partition coefficient (Wildman–Crippen LogP) is 9.05. The average molecular weight is 1270 g/mol. The van der Waals surface area contributed by atoms with Gasteiger partial charge in [0.25, 0.3) is 60.7 Å². The van der Waals surface area contributed by atoms with E-state index in [4.69, 9.17) is 22.9 Å². The van der Waals surface area contributed by atoms with Gasteiger partial charge in [-0.15, -0.1) is 20.5 Å². The van der Waals surface area contributed by atoms with Gasteiger partial charge in [0, 0.05) is 22.1 Å². The third-order valence-corrected chi connectivity index (χ3v) is 17.0. The molecule has 8 rings (SSSR count). The maximum atomic E-state index is 12.7. The lowest BCUT2D eigenvalue weighted by Crippen LogP contribution is -2.02. The Hall–Kier alpha value is -9.32. The molecule has 8 aromatic rings. The number of nitrogens with zero attached hydrogens (tertiary/aromatic N) is 8. The fourth-order valence-corrected chi connectivity index (χ4v) is 11.8. The molecule has 0 saturated heterocycles. The monoisotopic (exact) mass is 1270 g/mol. The second-order valence-corrected chi connectivity index (χ2v) is 25.5. The van der Waals surface area contributed by atoms with Crippen LogP contribution >= 0.6 is 0 Å². The zero-order valence-corrected chi connectivity index (χ0v) is 46.3. The van der Waals surface area contributed by atoms with Gasteiger partial charge in [-0.2, -0.15) is 71.0 Å². The van der Waals surface area contributed by atoms with Gasteiger partial charge in [0.2, 0.25) is 0 Å². The van der Waals surface area contributed by atoms with Crippen molar-refractivity contribution in [3.05, 3.63) is 120 Å². The zero-order valence-electron chi connectivity index (χ0n) is 41.4. The molecule has 0 aliphatic heterocycles. The summed E-state index contributed by atoms with van der Waals surface area (Å²) in [5.74, 6) is -1.93. The number of nitrogens with two attached hydrogens (primary N) is 4. The Morgan fingerprint density at radius 2 is 0.607 bits per heavy atom. The molecule has 84 heavy (non-hydrogen) atoms. The van der Waals surface area contributed by atoms with Crippen LogP contribution in [-0.2, 0) is 60.7 Å². The molecule has 0 unspecified atom stereocenters. The average Bonchev–Trinajstić information content (AvgIpc) is 1.04. The minimum atomic E-state index is -5.26. The molecule has 32 nitrogen and oxygen atoms in total. The van der Waals surface area contributed by atoms with E-state index in [2.05, 4.69) is 40.9 Å². The van der Waals surface area contributed by atoms with Crippen LogP contribution in [0.4, 0.5) is 68.2 Å². The van der Waals surface area contributed by atoms with Crippen LogP contribution in [-0.4, -0.2) is 88.0 Å².